The molecule has 0 saturated carbocycles. The Morgan fingerprint density at radius 3 is 2.74 bits per heavy atom. The van der Waals surface area contributed by atoms with Crippen LogP contribution in [0.5, 0.6) is 11.5 Å². The molecule has 0 fully saturated rings. The number of hydrogen-bond acceptors (Lipinski definition) is 4. The van der Waals surface area contributed by atoms with Crippen LogP contribution in [0.25, 0.3) is 0 Å². The first-order valence-corrected chi connectivity index (χ1v) is 6.15. The van der Waals surface area contributed by atoms with Crippen LogP contribution in [0, 0.1) is 6.92 Å². The molecule has 0 spiro atoms. The van der Waals surface area contributed by atoms with Gasteiger partial charge in [0.25, 0.3) is 0 Å². The highest BCUT2D eigenvalue weighted by Crippen LogP contribution is 2.21. The minimum Gasteiger partial charge on any atom is -0.496 e. The average molecular weight is 258 g/mol. The number of methoxy groups -OCH3 is 1. The summed E-state index contributed by atoms with van der Waals surface area (Å²) in [7, 11) is 1.64. The van der Waals surface area contributed by atoms with Gasteiger partial charge < -0.3 is 15.2 Å². The monoisotopic (exact) mass is 258 g/mol. The van der Waals surface area contributed by atoms with Crippen molar-refractivity contribution >= 4 is 0 Å². The van der Waals surface area contributed by atoms with Gasteiger partial charge in [0.2, 0.25) is 0 Å². The maximum absolute atomic E-state index is 5.75. The highest BCUT2D eigenvalue weighted by Gasteiger charge is 2.04. The van der Waals surface area contributed by atoms with Gasteiger partial charge in [-0.15, -0.1) is 0 Å². The highest BCUT2D eigenvalue weighted by atomic mass is 16.5. The number of aromatic nitrogens is 1. The van der Waals surface area contributed by atoms with E-state index in [0.29, 0.717) is 13.2 Å². The van der Waals surface area contributed by atoms with Gasteiger partial charge in [-0.1, -0.05) is 6.07 Å². The lowest BCUT2D eigenvalue weighted by atomic mass is 10.1. The first kappa shape index (κ1) is 13.4. The maximum Gasteiger partial charge on any atom is 0.141 e. The molecule has 100 valence electrons. The summed E-state index contributed by atoms with van der Waals surface area (Å²) in [5.74, 6) is 1.61. The highest BCUT2D eigenvalue weighted by molar-refractivity contribution is 5.37. The molecule has 0 radical (unpaired) electrons. The van der Waals surface area contributed by atoms with Crippen LogP contribution in [0.1, 0.15) is 16.8 Å². The van der Waals surface area contributed by atoms with Crippen molar-refractivity contribution in [3.63, 3.8) is 0 Å². The molecular weight excluding hydrogens is 240 g/mol. The van der Waals surface area contributed by atoms with Gasteiger partial charge in [-0.2, -0.15) is 0 Å². The minimum absolute atomic E-state index is 0.447. The Hall–Kier alpha value is -2.07. The first-order valence-electron chi connectivity index (χ1n) is 6.15. The fourth-order valence-electron chi connectivity index (χ4n) is 1.86. The van der Waals surface area contributed by atoms with E-state index >= 15 is 0 Å². The first-order chi connectivity index (χ1) is 9.24. The van der Waals surface area contributed by atoms with E-state index in [4.69, 9.17) is 15.2 Å². The lowest BCUT2D eigenvalue weighted by Crippen LogP contribution is -2.03. The Balaban J connectivity index is 2.10. The van der Waals surface area contributed by atoms with Crippen molar-refractivity contribution in [2.45, 2.75) is 20.1 Å². The molecule has 2 aromatic rings. The summed E-state index contributed by atoms with van der Waals surface area (Å²) in [6, 6.07) is 9.67. The molecule has 19 heavy (non-hydrogen) atoms. The van der Waals surface area contributed by atoms with Crippen molar-refractivity contribution in [3.05, 3.63) is 53.3 Å². The Morgan fingerprint density at radius 1 is 1.21 bits per heavy atom. The van der Waals surface area contributed by atoms with Gasteiger partial charge >= 0.3 is 0 Å². The van der Waals surface area contributed by atoms with Gasteiger partial charge in [-0.25, -0.2) is 0 Å². The number of benzene rings is 1. The fraction of sp³-hybridized carbons (Fsp3) is 0.267. The van der Waals surface area contributed by atoms with Gasteiger partial charge in [0, 0.05) is 18.3 Å². The van der Waals surface area contributed by atoms with Crippen LogP contribution in [0.2, 0.25) is 0 Å². The predicted molar refractivity (Wildman–Crippen MR) is 74.2 cm³/mol. The van der Waals surface area contributed by atoms with Crippen LogP contribution in [-0.4, -0.2) is 12.1 Å². The molecule has 2 N–H and O–H groups in total. The summed E-state index contributed by atoms with van der Waals surface area (Å²) in [5, 5.41) is 0. The van der Waals surface area contributed by atoms with Crippen LogP contribution in [0.4, 0.5) is 0 Å². The third kappa shape index (κ3) is 3.23. The van der Waals surface area contributed by atoms with Crippen molar-refractivity contribution in [1.82, 2.24) is 4.98 Å². The summed E-state index contributed by atoms with van der Waals surface area (Å²) < 4.78 is 11.0. The van der Waals surface area contributed by atoms with Gasteiger partial charge in [-0.05, 0) is 36.8 Å². The second kappa shape index (κ2) is 6.20. The number of nitrogens with zero attached hydrogens (tertiary/aromatic N) is 1. The maximum atomic E-state index is 5.75. The zero-order chi connectivity index (χ0) is 13.7. The second-order valence-corrected chi connectivity index (χ2v) is 4.23. The summed E-state index contributed by atoms with van der Waals surface area (Å²) in [6.45, 7) is 2.86. The molecule has 0 aliphatic heterocycles. The lowest BCUT2D eigenvalue weighted by Gasteiger charge is -2.11. The molecule has 0 amide bonds. The van der Waals surface area contributed by atoms with E-state index in [1.165, 1.54) is 0 Å². The standard InChI is InChI=1S/C15H18N2O2/c1-11-14(4-3-7-17-11)19-10-12-5-6-15(18-2)13(8-12)9-16/h3-8H,9-10,16H2,1-2H3. The van der Waals surface area contributed by atoms with Crippen LogP contribution in [0.15, 0.2) is 36.5 Å². The Labute approximate surface area is 113 Å². The molecule has 0 aliphatic carbocycles. The summed E-state index contributed by atoms with van der Waals surface area (Å²) in [4.78, 5) is 4.19. The number of nitrogens with two attached hydrogens (primary N) is 1. The normalized spacial score (nSPS) is 10.3. The van der Waals surface area contributed by atoms with Crippen molar-refractivity contribution in [1.29, 1.82) is 0 Å². The molecule has 0 atom stereocenters. The van der Waals surface area contributed by atoms with Crippen LogP contribution in [-0.2, 0) is 13.2 Å². The number of pyridine rings is 1. The SMILES string of the molecule is COc1ccc(COc2cccnc2C)cc1CN. The van der Waals surface area contributed by atoms with E-state index < -0.39 is 0 Å². The molecule has 1 aromatic heterocycles. The van der Waals surface area contributed by atoms with E-state index in [-0.39, 0.29) is 0 Å². The zero-order valence-electron chi connectivity index (χ0n) is 11.2. The van der Waals surface area contributed by atoms with E-state index in [1.54, 1.807) is 13.3 Å². The molecule has 0 saturated heterocycles. The Bertz CT molecular complexity index is 556. The molecule has 0 unspecified atom stereocenters. The molecule has 2 rings (SSSR count). The summed E-state index contributed by atoms with van der Waals surface area (Å²) in [5.41, 5.74) is 8.62. The van der Waals surface area contributed by atoms with E-state index in [9.17, 15) is 0 Å². The van der Waals surface area contributed by atoms with Crippen molar-refractivity contribution in [3.8, 4) is 11.5 Å². The van der Waals surface area contributed by atoms with E-state index in [0.717, 1.165) is 28.3 Å². The van der Waals surface area contributed by atoms with Crippen LogP contribution >= 0.6 is 0 Å². The van der Waals surface area contributed by atoms with Gasteiger partial charge in [0.15, 0.2) is 0 Å². The molecule has 0 bridgehead atoms. The van der Waals surface area contributed by atoms with Crippen LogP contribution in [0.3, 0.4) is 0 Å². The van der Waals surface area contributed by atoms with Crippen LogP contribution < -0.4 is 15.2 Å². The van der Waals surface area contributed by atoms with Crippen molar-refractivity contribution < 1.29 is 9.47 Å². The third-order valence-corrected chi connectivity index (χ3v) is 2.92. The van der Waals surface area contributed by atoms with Crippen molar-refractivity contribution in [2.24, 2.45) is 5.73 Å². The predicted octanol–water partition coefficient (Wildman–Crippen LogP) is 2.44. The Kier molecular flexibility index (Phi) is 4.36. The molecule has 1 heterocycles. The third-order valence-electron chi connectivity index (χ3n) is 2.92. The number of aryl methyl sites for hydroxylation is 1. The Morgan fingerprint density at radius 2 is 2.05 bits per heavy atom. The minimum atomic E-state index is 0.447. The molecule has 1 aromatic carbocycles. The number of rotatable bonds is 5. The number of hydrogen-bond donors (Lipinski definition) is 1. The lowest BCUT2D eigenvalue weighted by molar-refractivity contribution is 0.302. The zero-order valence-corrected chi connectivity index (χ0v) is 11.2. The van der Waals surface area contributed by atoms with Crippen molar-refractivity contribution in [2.75, 3.05) is 7.11 Å². The smallest absolute Gasteiger partial charge is 0.141 e. The van der Waals surface area contributed by atoms with Gasteiger partial charge in [-0.3, -0.25) is 4.98 Å². The molecule has 4 nitrogen and oxygen atoms in total. The van der Waals surface area contributed by atoms with Gasteiger partial charge in [0.05, 0.1) is 12.8 Å². The topological polar surface area (TPSA) is 57.4 Å². The fourth-order valence-corrected chi connectivity index (χ4v) is 1.86. The van der Waals surface area contributed by atoms with E-state index in [2.05, 4.69) is 4.98 Å². The van der Waals surface area contributed by atoms with E-state index in [1.807, 2.05) is 37.3 Å². The largest absolute Gasteiger partial charge is 0.496 e. The second-order valence-electron chi connectivity index (χ2n) is 4.23. The average Bonchev–Trinajstić information content (AvgIpc) is 2.46. The number of ether oxygens (including phenoxy) is 2. The quantitative estimate of drug-likeness (QED) is 0.895. The molecule has 0 aliphatic rings. The molecule has 4 heteroatoms. The summed E-state index contributed by atoms with van der Waals surface area (Å²) >= 11 is 0. The summed E-state index contributed by atoms with van der Waals surface area (Å²) in [6.07, 6.45) is 1.75. The molecular formula is C15H18N2O2. The van der Waals surface area contributed by atoms with Gasteiger partial charge in [0.1, 0.15) is 18.1 Å².